The number of likely N-dealkylation sites (N-methyl/N-ethyl adjacent to an activating group) is 1. The lowest BCUT2D eigenvalue weighted by Crippen LogP contribution is -2.41. The number of thiophene rings is 1. The second kappa shape index (κ2) is 10.5. The Hall–Kier alpha value is -3.06. The smallest absolute Gasteiger partial charge is 0.261 e. The molecule has 4 aromatic rings. The van der Waals surface area contributed by atoms with Gasteiger partial charge >= 0.3 is 0 Å². The number of carbonyl (C=O) groups excluding carboxylic acids is 2. The Balaban J connectivity index is 1.20. The highest BCUT2D eigenvalue weighted by Crippen LogP contribution is 2.32. The molecule has 1 aliphatic rings. The number of hydrogen-bond donors (Lipinski definition) is 2. The average molecular weight is 528 g/mol. The highest BCUT2D eigenvalue weighted by atomic mass is 32.1. The second-order valence-electron chi connectivity index (χ2n) is 8.96. The van der Waals surface area contributed by atoms with Crippen LogP contribution in [0, 0.1) is 6.92 Å². The Kier molecular flexibility index (Phi) is 7.19. The Morgan fingerprint density at radius 1 is 1.17 bits per heavy atom. The number of hydrogen-bond acceptors (Lipinski definition) is 8. The Bertz CT molecular complexity index is 1380. The van der Waals surface area contributed by atoms with Gasteiger partial charge in [-0.25, -0.2) is 4.52 Å². The van der Waals surface area contributed by atoms with Gasteiger partial charge in [-0.3, -0.25) is 14.3 Å². The van der Waals surface area contributed by atoms with Gasteiger partial charge in [0.05, 0.1) is 32.7 Å². The van der Waals surface area contributed by atoms with Crippen molar-refractivity contribution in [2.24, 2.45) is 7.05 Å². The summed E-state index contributed by atoms with van der Waals surface area (Å²) < 4.78 is 8.87. The maximum Gasteiger partial charge on any atom is 0.261 e. The van der Waals surface area contributed by atoms with Crippen molar-refractivity contribution in [1.29, 1.82) is 0 Å². The van der Waals surface area contributed by atoms with E-state index >= 15 is 0 Å². The molecule has 0 bridgehead atoms. The van der Waals surface area contributed by atoms with Crippen molar-refractivity contribution in [1.82, 2.24) is 29.6 Å². The zero-order valence-electron chi connectivity index (χ0n) is 20.5. The first-order valence-corrected chi connectivity index (χ1v) is 13.5. The van der Waals surface area contributed by atoms with Crippen molar-refractivity contribution < 1.29 is 14.3 Å². The Morgan fingerprint density at radius 3 is 2.72 bits per heavy atom. The monoisotopic (exact) mass is 527 g/mol. The molecule has 0 spiro atoms. The third-order valence-electron chi connectivity index (χ3n) is 6.36. The van der Waals surface area contributed by atoms with E-state index in [0.717, 1.165) is 53.4 Å². The van der Waals surface area contributed by atoms with E-state index in [-0.39, 0.29) is 11.8 Å². The number of anilines is 1. The van der Waals surface area contributed by atoms with Crippen LogP contribution in [-0.4, -0.2) is 75.5 Å². The van der Waals surface area contributed by atoms with E-state index in [1.54, 1.807) is 21.6 Å². The topological polar surface area (TPSA) is 106 Å². The van der Waals surface area contributed by atoms with Gasteiger partial charge in [0.2, 0.25) is 0 Å². The molecule has 12 heteroatoms. The number of aromatic nitrogens is 4. The molecule has 10 nitrogen and oxygen atoms in total. The van der Waals surface area contributed by atoms with Gasteiger partial charge in [0, 0.05) is 57.3 Å². The summed E-state index contributed by atoms with van der Waals surface area (Å²) in [5, 5.41) is 15.2. The summed E-state index contributed by atoms with van der Waals surface area (Å²) in [4.78, 5) is 30.4. The molecule has 1 aliphatic heterocycles. The molecule has 2 N–H and O–H groups in total. The van der Waals surface area contributed by atoms with Crippen molar-refractivity contribution in [2.45, 2.75) is 25.8 Å². The molecule has 0 aliphatic carbocycles. The lowest BCUT2D eigenvalue weighted by atomic mass is 10.1. The van der Waals surface area contributed by atoms with Crippen LogP contribution in [0.25, 0.3) is 15.3 Å². The van der Waals surface area contributed by atoms with E-state index in [0.29, 0.717) is 28.0 Å². The first-order valence-electron chi connectivity index (χ1n) is 11.8. The minimum absolute atomic E-state index is 0.128. The molecule has 0 atom stereocenters. The Morgan fingerprint density at radius 2 is 1.97 bits per heavy atom. The summed E-state index contributed by atoms with van der Waals surface area (Å²) in [5.41, 5.74) is 2.32. The highest BCUT2D eigenvalue weighted by Gasteiger charge is 2.21. The van der Waals surface area contributed by atoms with Crippen molar-refractivity contribution in [3.05, 3.63) is 46.9 Å². The zero-order chi connectivity index (χ0) is 25.2. The predicted molar refractivity (Wildman–Crippen MR) is 141 cm³/mol. The average Bonchev–Trinajstić information content (AvgIpc) is 3.64. The van der Waals surface area contributed by atoms with E-state index in [9.17, 15) is 9.59 Å². The van der Waals surface area contributed by atoms with Gasteiger partial charge in [0.15, 0.2) is 0 Å². The van der Waals surface area contributed by atoms with Crippen LogP contribution >= 0.6 is 22.7 Å². The number of aryl methyl sites for hydroxylation is 2. The molecule has 2 amide bonds. The number of rotatable bonds is 8. The van der Waals surface area contributed by atoms with Crippen molar-refractivity contribution >= 4 is 44.3 Å². The molecule has 4 aromatic heterocycles. The maximum atomic E-state index is 13.1. The van der Waals surface area contributed by atoms with Crippen molar-refractivity contribution in [3.8, 4) is 10.4 Å². The van der Waals surface area contributed by atoms with Crippen LogP contribution in [0.4, 0.5) is 5.00 Å². The standard InChI is InChI=1S/C24H29N7O3S2/c1-15-10-19(22(33)25-6-7-29(2)17-4-8-34-9-5-17)35-23(15)28-21(32)18-12-27-31-14-20(36-24(18)31)16-11-26-30(3)13-16/h10-14,17H,4-9H2,1-3H3,(H,25,33)(H,28,32). The zero-order valence-corrected chi connectivity index (χ0v) is 22.1. The van der Waals surface area contributed by atoms with Gasteiger partial charge in [-0.2, -0.15) is 10.2 Å². The maximum absolute atomic E-state index is 13.1. The van der Waals surface area contributed by atoms with Gasteiger partial charge in [0.1, 0.15) is 4.83 Å². The lowest BCUT2D eigenvalue weighted by Gasteiger charge is -2.31. The molecule has 36 heavy (non-hydrogen) atoms. The van der Waals surface area contributed by atoms with Gasteiger partial charge in [-0.05, 0) is 38.4 Å². The van der Waals surface area contributed by atoms with Crippen molar-refractivity contribution in [3.63, 3.8) is 0 Å². The van der Waals surface area contributed by atoms with E-state index in [1.807, 2.05) is 32.4 Å². The van der Waals surface area contributed by atoms with Crippen LogP contribution in [0.15, 0.2) is 30.9 Å². The number of carbonyl (C=O) groups is 2. The molecule has 0 saturated carbocycles. The minimum atomic E-state index is -0.250. The number of ether oxygens (including phenoxy) is 1. The number of amides is 2. The fourth-order valence-corrected chi connectivity index (χ4v) is 6.27. The molecule has 0 aromatic carbocycles. The molecular weight excluding hydrogens is 498 g/mol. The summed E-state index contributed by atoms with van der Waals surface area (Å²) in [6.07, 6.45) is 9.23. The molecular formula is C24H29N7O3S2. The van der Waals surface area contributed by atoms with Crippen LogP contribution in [0.5, 0.6) is 0 Å². The quantitative estimate of drug-likeness (QED) is 0.364. The summed E-state index contributed by atoms with van der Waals surface area (Å²) in [5.74, 6) is -0.379. The molecule has 0 unspecified atom stereocenters. The SMILES string of the molecule is Cc1cc(C(=O)NCCN(C)C2CCOCC2)sc1NC(=O)c1cnn2cc(-c3cnn(C)c3)sc12. The number of nitrogens with one attached hydrogen (secondary N) is 2. The molecule has 190 valence electrons. The van der Waals surface area contributed by atoms with E-state index in [1.165, 1.54) is 22.7 Å². The van der Waals surface area contributed by atoms with E-state index < -0.39 is 0 Å². The fourth-order valence-electron chi connectivity index (χ4n) is 4.25. The largest absolute Gasteiger partial charge is 0.381 e. The highest BCUT2D eigenvalue weighted by molar-refractivity contribution is 7.21. The van der Waals surface area contributed by atoms with Crippen LogP contribution in [0.1, 0.15) is 38.4 Å². The van der Waals surface area contributed by atoms with Gasteiger partial charge in [-0.1, -0.05) is 0 Å². The second-order valence-corrected chi connectivity index (χ2v) is 11.0. The van der Waals surface area contributed by atoms with Crippen LogP contribution in [0.3, 0.4) is 0 Å². The number of fused-ring (bicyclic) bond motifs is 1. The third-order valence-corrected chi connectivity index (χ3v) is 8.68. The predicted octanol–water partition coefficient (Wildman–Crippen LogP) is 3.26. The van der Waals surface area contributed by atoms with Crippen LogP contribution < -0.4 is 10.6 Å². The van der Waals surface area contributed by atoms with Crippen LogP contribution in [0.2, 0.25) is 0 Å². The lowest BCUT2D eigenvalue weighted by molar-refractivity contribution is 0.0432. The fraction of sp³-hybridized carbons (Fsp3) is 0.417. The summed E-state index contributed by atoms with van der Waals surface area (Å²) in [7, 11) is 3.96. The summed E-state index contributed by atoms with van der Waals surface area (Å²) >= 11 is 2.77. The molecule has 1 saturated heterocycles. The Labute approximate surface area is 216 Å². The molecule has 5 rings (SSSR count). The molecule has 5 heterocycles. The third kappa shape index (κ3) is 5.21. The van der Waals surface area contributed by atoms with Crippen LogP contribution in [-0.2, 0) is 11.8 Å². The normalized spacial score (nSPS) is 14.6. The first-order chi connectivity index (χ1) is 17.4. The summed E-state index contributed by atoms with van der Waals surface area (Å²) in [6.45, 7) is 4.84. The van der Waals surface area contributed by atoms with Gasteiger partial charge in [0.25, 0.3) is 11.8 Å². The number of thiazole rings is 1. The van der Waals surface area contributed by atoms with Gasteiger partial charge < -0.3 is 20.3 Å². The van der Waals surface area contributed by atoms with E-state index in [2.05, 4.69) is 32.8 Å². The first kappa shape index (κ1) is 24.6. The van der Waals surface area contributed by atoms with E-state index in [4.69, 9.17) is 4.74 Å². The molecule has 0 radical (unpaired) electrons. The van der Waals surface area contributed by atoms with Gasteiger partial charge in [-0.15, -0.1) is 22.7 Å². The molecule has 1 fully saturated rings. The summed E-state index contributed by atoms with van der Waals surface area (Å²) in [6, 6.07) is 2.32. The van der Waals surface area contributed by atoms with Crippen molar-refractivity contribution in [2.75, 3.05) is 38.7 Å². The minimum Gasteiger partial charge on any atom is -0.381 e. The number of nitrogens with zero attached hydrogens (tertiary/aromatic N) is 5.